The average molecular weight is 963 g/mol. The molecule has 0 nitrogen and oxygen atoms in total. The molecule has 8 rings (SSSR count). The van der Waals surface area contributed by atoms with Crippen LogP contribution in [-0.2, 0) is 49.9 Å². The minimum atomic E-state index is 0. The van der Waals surface area contributed by atoms with Gasteiger partial charge in [-0.2, -0.15) is 60.4 Å². The van der Waals surface area contributed by atoms with Gasteiger partial charge in [-0.05, 0) is 45.9 Å². The van der Waals surface area contributed by atoms with Gasteiger partial charge in [0.25, 0.3) is 0 Å². The first-order valence-electron chi connectivity index (χ1n) is 25.1. The van der Waals surface area contributed by atoms with E-state index in [2.05, 4.69) is 173 Å². The zero-order chi connectivity index (χ0) is 47.3. The molecule has 0 fully saturated rings. The van der Waals surface area contributed by atoms with Crippen molar-refractivity contribution in [2.75, 3.05) is 0 Å². The molecule has 0 amide bonds. The van der Waals surface area contributed by atoms with Crippen molar-refractivity contribution in [3.63, 3.8) is 0 Å². The van der Waals surface area contributed by atoms with Gasteiger partial charge < -0.3 is 0 Å². The fraction of sp³-hybridized carbons (Fsp3) is 0.333. The molecular formula is C66H78Zr. The Morgan fingerprint density at radius 1 is 0.433 bits per heavy atom. The molecule has 0 radical (unpaired) electrons. The van der Waals surface area contributed by atoms with E-state index in [1.165, 1.54) is 106 Å². The smallest absolute Gasteiger partial charge is 0.199 e. The van der Waals surface area contributed by atoms with Crippen LogP contribution in [-0.4, -0.2) is 0 Å². The Balaban J connectivity index is 0.000000477. The second kappa shape index (κ2) is 25.0. The molecule has 0 saturated carbocycles. The third kappa shape index (κ3) is 14.1. The Morgan fingerprint density at radius 3 is 1.09 bits per heavy atom. The third-order valence-corrected chi connectivity index (χ3v) is 13.4. The zero-order valence-corrected chi connectivity index (χ0v) is 45.0. The molecule has 0 aliphatic heterocycles. The van der Waals surface area contributed by atoms with Gasteiger partial charge in [0.2, 0.25) is 0 Å². The van der Waals surface area contributed by atoms with E-state index in [0.29, 0.717) is 0 Å². The quantitative estimate of drug-likeness (QED) is 0.0753. The first-order chi connectivity index (χ1) is 31.7. The second-order valence-corrected chi connectivity index (χ2v) is 20.7. The van der Waals surface area contributed by atoms with Crippen LogP contribution < -0.4 is 0 Å². The first kappa shape index (κ1) is 53.1. The van der Waals surface area contributed by atoms with Crippen LogP contribution in [0.25, 0.3) is 43.8 Å². The molecule has 8 aromatic carbocycles. The number of fused-ring (bicyclic) bond motifs is 2. The Labute approximate surface area is 426 Å². The molecule has 0 aliphatic carbocycles. The summed E-state index contributed by atoms with van der Waals surface area (Å²) < 4.78 is 0. The van der Waals surface area contributed by atoms with Crippen LogP contribution in [0.1, 0.15) is 164 Å². The van der Waals surface area contributed by atoms with Gasteiger partial charge in [0.1, 0.15) is 0 Å². The largest absolute Gasteiger partial charge is 4.00 e. The molecule has 0 saturated heterocycles. The number of rotatable bonds is 14. The summed E-state index contributed by atoms with van der Waals surface area (Å²) in [7, 11) is 0. The normalized spacial score (nSPS) is 11.5. The summed E-state index contributed by atoms with van der Waals surface area (Å²) in [5.74, 6) is 0.266. The van der Waals surface area contributed by atoms with E-state index in [9.17, 15) is 0 Å². The molecule has 0 aliphatic rings. The molecule has 0 atom stereocenters. The molecule has 0 N–H and O–H groups in total. The minimum Gasteiger partial charge on any atom is -0.199 e. The molecule has 0 aromatic heterocycles. The van der Waals surface area contributed by atoms with E-state index in [1.54, 1.807) is 22.3 Å². The Hall–Kier alpha value is -4.84. The predicted molar refractivity (Wildman–Crippen MR) is 292 cm³/mol. The average Bonchev–Trinajstić information content (AvgIpc) is 3.88. The van der Waals surface area contributed by atoms with Gasteiger partial charge in [0.15, 0.2) is 0 Å². The molecular weight excluding hydrogens is 884 g/mol. The molecule has 67 heavy (non-hydrogen) atoms. The van der Waals surface area contributed by atoms with Gasteiger partial charge in [0, 0.05) is 0 Å². The van der Waals surface area contributed by atoms with Gasteiger partial charge in [-0.3, -0.25) is 0 Å². The van der Waals surface area contributed by atoms with E-state index >= 15 is 0 Å². The van der Waals surface area contributed by atoms with E-state index in [1.807, 2.05) is 60.7 Å². The number of aryl methyl sites for hydroxylation is 2. The summed E-state index contributed by atoms with van der Waals surface area (Å²) in [4.78, 5) is 0. The van der Waals surface area contributed by atoms with Crippen molar-refractivity contribution in [2.45, 2.75) is 143 Å². The van der Waals surface area contributed by atoms with Crippen LogP contribution in [0.15, 0.2) is 158 Å². The number of unbranched alkanes of at least 4 members (excludes halogenated alkanes) is 6. The number of hydrogen-bond acceptors (Lipinski definition) is 0. The Morgan fingerprint density at radius 2 is 0.791 bits per heavy atom. The molecule has 1 heteroatoms. The van der Waals surface area contributed by atoms with Crippen molar-refractivity contribution in [3.05, 3.63) is 216 Å². The van der Waals surface area contributed by atoms with Crippen molar-refractivity contribution in [1.82, 2.24) is 0 Å². The van der Waals surface area contributed by atoms with Crippen LogP contribution in [0.2, 0.25) is 0 Å². The van der Waals surface area contributed by atoms with Crippen LogP contribution in [0, 0.1) is 13.8 Å². The molecule has 0 heterocycles. The van der Waals surface area contributed by atoms with Crippen molar-refractivity contribution in [3.8, 4) is 22.3 Å². The maximum Gasteiger partial charge on any atom is 4.00 e. The van der Waals surface area contributed by atoms with Crippen LogP contribution in [0.5, 0.6) is 0 Å². The first-order valence-corrected chi connectivity index (χ1v) is 25.1. The van der Waals surface area contributed by atoms with Crippen molar-refractivity contribution in [2.24, 2.45) is 0 Å². The van der Waals surface area contributed by atoms with Crippen LogP contribution >= 0.6 is 0 Å². The molecule has 346 valence electrons. The maximum absolute atomic E-state index is 3.72. The van der Waals surface area contributed by atoms with E-state index in [-0.39, 0.29) is 43.0 Å². The minimum absolute atomic E-state index is 0. The van der Waals surface area contributed by atoms with E-state index in [0.717, 1.165) is 24.0 Å². The standard InChI is InChI=1S/C52H64.2C7H7.Zr/c1-10-12-14-16-20-39-34-41-22-18-24-45(37-26-30-43(31-27-37)51(4,5)6)49(41)47(39)36(3)48-40(21-17-15-13-11-2)35-42-23-19-25-46(50(42)48)38-28-32-44(33-29-38)52(7,8)9;2*1-7-5-3-2-4-6-7;/h18-19,22-36H,10-17,20-21H2,1-9H3;2*2-6H,1H2;/q-2;2*-1;+4. The van der Waals surface area contributed by atoms with Crippen LogP contribution in [0.3, 0.4) is 0 Å². The number of hydrogen-bond donors (Lipinski definition) is 0. The van der Waals surface area contributed by atoms with Gasteiger partial charge >= 0.3 is 26.2 Å². The summed E-state index contributed by atoms with van der Waals surface area (Å²) in [6.45, 7) is 28.5. The maximum atomic E-state index is 3.72. The van der Waals surface area contributed by atoms with Gasteiger partial charge in [-0.15, -0.1) is 93.3 Å². The number of benzene rings is 6. The van der Waals surface area contributed by atoms with Gasteiger partial charge in [0.05, 0.1) is 0 Å². The third-order valence-electron chi connectivity index (χ3n) is 13.4. The second-order valence-electron chi connectivity index (χ2n) is 20.7. The molecule has 0 spiro atoms. The van der Waals surface area contributed by atoms with E-state index in [4.69, 9.17) is 0 Å². The van der Waals surface area contributed by atoms with Crippen molar-refractivity contribution < 1.29 is 26.2 Å². The molecule has 8 aromatic rings. The van der Waals surface area contributed by atoms with Gasteiger partial charge in [-0.25, -0.2) is 0 Å². The fourth-order valence-electron chi connectivity index (χ4n) is 9.60. The summed E-state index contributed by atoms with van der Waals surface area (Å²) >= 11 is 0. The van der Waals surface area contributed by atoms with E-state index < -0.39 is 0 Å². The molecule has 0 bridgehead atoms. The Kier molecular flexibility index (Phi) is 19.8. The monoisotopic (exact) mass is 961 g/mol. The zero-order valence-electron chi connectivity index (χ0n) is 42.6. The predicted octanol–water partition coefficient (Wildman–Crippen LogP) is 19.5. The van der Waals surface area contributed by atoms with Gasteiger partial charge in [-0.1, -0.05) is 204 Å². The fourth-order valence-corrected chi connectivity index (χ4v) is 9.60. The van der Waals surface area contributed by atoms with Crippen LogP contribution in [0.4, 0.5) is 0 Å². The Bertz CT molecular complexity index is 2480. The van der Waals surface area contributed by atoms with Crippen molar-refractivity contribution in [1.29, 1.82) is 0 Å². The summed E-state index contributed by atoms with van der Waals surface area (Å²) in [6, 6.07) is 57.8. The molecule has 0 unspecified atom stereocenters. The SMILES string of the molecule is CCCCCCc1[cH-]c2cccc(-c3ccc(C(C)(C)C)cc3)c2c1C(C)c1c(CCCCCC)[cH-]c2cccc(-c3ccc(C(C)(C)C)cc3)c12.[CH2-]c1ccccc1.[CH2-]c1ccccc1.[Zr+4]. The summed E-state index contributed by atoms with van der Waals surface area (Å²) in [6.07, 6.45) is 12.5. The topological polar surface area (TPSA) is 0 Å². The summed E-state index contributed by atoms with van der Waals surface area (Å²) in [5.41, 5.74) is 16.8. The van der Waals surface area contributed by atoms with Crippen molar-refractivity contribution >= 4 is 21.5 Å². The summed E-state index contributed by atoms with van der Waals surface area (Å²) in [5, 5.41) is 5.70.